The van der Waals surface area contributed by atoms with Crippen LogP contribution in [-0.4, -0.2) is 0 Å². The summed E-state index contributed by atoms with van der Waals surface area (Å²) in [7, 11) is 0. The summed E-state index contributed by atoms with van der Waals surface area (Å²) in [6.07, 6.45) is 3.11. The lowest BCUT2D eigenvalue weighted by atomic mass is 9.80. The van der Waals surface area contributed by atoms with E-state index in [0.29, 0.717) is 5.75 Å². The Labute approximate surface area is 165 Å². The molecule has 0 radical (unpaired) electrons. The van der Waals surface area contributed by atoms with Crippen molar-refractivity contribution in [1.82, 2.24) is 0 Å². The lowest BCUT2D eigenvalue weighted by molar-refractivity contribution is 0.459. The Kier molecular flexibility index (Phi) is 6.18. The Morgan fingerprint density at radius 2 is 1.56 bits per heavy atom. The van der Waals surface area contributed by atoms with Crippen LogP contribution in [0, 0.1) is 5.82 Å². The molecule has 0 bridgehead atoms. The quantitative estimate of drug-likeness (QED) is 0.409. The smallest absolute Gasteiger partial charge is 0.130 e. The van der Waals surface area contributed by atoms with Gasteiger partial charge in [-0.15, -0.1) is 0 Å². The molecule has 3 aromatic rings. The molecule has 1 nitrogen and oxygen atoms in total. The number of hydrogen-bond acceptors (Lipinski definition) is 1. The van der Waals surface area contributed by atoms with E-state index in [1.165, 1.54) is 23.3 Å². The molecule has 3 rings (SSSR count). The van der Waals surface area contributed by atoms with E-state index in [1.54, 1.807) is 12.1 Å². The van der Waals surface area contributed by atoms with Gasteiger partial charge in [0, 0.05) is 11.1 Å². The minimum Gasteiger partial charge on any atom is -0.457 e. The van der Waals surface area contributed by atoms with Crippen LogP contribution in [0.5, 0.6) is 11.5 Å². The molecule has 0 saturated carbocycles. The van der Waals surface area contributed by atoms with E-state index in [1.807, 2.05) is 30.3 Å². The van der Waals surface area contributed by atoms with E-state index in [0.717, 1.165) is 30.0 Å². The number of benzene rings is 3. The van der Waals surface area contributed by atoms with Crippen molar-refractivity contribution in [2.45, 2.75) is 38.5 Å². The minimum absolute atomic E-state index is 0.0975. The number of aryl methyl sites for hydroxylation is 1. The molecule has 0 spiro atoms. The second kappa shape index (κ2) is 8.58. The maximum atomic E-state index is 13.3. The Balaban J connectivity index is 1.59. The van der Waals surface area contributed by atoms with Crippen molar-refractivity contribution >= 4 is 11.6 Å². The van der Waals surface area contributed by atoms with Gasteiger partial charge < -0.3 is 4.74 Å². The molecule has 0 N–H and O–H groups in total. The molecule has 0 aliphatic carbocycles. The molecule has 0 fully saturated rings. The summed E-state index contributed by atoms with van der Waals surface area (Å²) < 4.78 is 19.1. The summed E-state index contributed by atoms with van der Waals surface area (Å²) in [4.78, 5) is 0. The van der Waals surface area contributed by atoms with Crippen molar-refractivity contribution in [3.8, 4) is 11.5 Å². The molecule has 0 saturated heterocycles. The standard InChI is InChI=1S/C24H24ClFO/c1-24(2,19-11-13-20(25)14-12-19)15-5-7-18-6-3-9-22(16-18)27-23-10-4-8-21(26)17-23/h3-4,6,8-14,16-17H,5,7,15H2,1-2H3. The molecule has 0 atom stereocenters. The van der Waals surface area contributed by atoms with Crippen LogP contribution in [0.25, 0.3) is 0 Å². The molecule has 140 valence electrons. The van der Waals surface area contributed by atoms with Gasteiger partial charge in [0.1, 0.15) is 17.3 Å². The van der Waals surface area contributed by atoms with Crippen LogP contribution < -0.4 is 4.74 Å². The first kappa shape index (κ1) is 19.4. The Bertz CT molecular complexity index is 887. The lowest BCUT2D eigenvalue weighted by Gasteiger charge is -2.25. The normalized spacial score (nSPS) is 11.4. The van der Waals surface area contributed by atoms with Crippen LogP contribution >= 0.6 is 11.6 Å². The predicted octanol–water partition coefficient (Wildman–Crippen LogP) is 7.57. The summed E-state index contributed by atoms with van der Waals surface area (Å²) in [6.45, 7) is 4.53. The molecule has 0 aliphatic rings. The zero-order valence-electron chi connectivity index (χ0n) is 15.7. The summed E-state index contributed by atoms with van der Waals surface area (Å²) in [5.41, 5.74) is 2.62. The van der Waals surface area contributed by atoms with Gasteiger partial charge in [0.05, 0.1) is 0 Å². The van der Waals surface area contributed by atoms with Crippen LogP contribution in [0.2, 0.25) is 5.02 Å². The monoisotopic (exact) mass is 382 g/mol. The third-order valence-corrected chi connectivity index (χ3v) is 5.08. The highest BCUT2D eigenvalue weighted by Gasteiger charge is 2.19. The van der Waals surface area contributed by atoms with Crippen LogP contribution in [0.4, 0.5) is 4.39 Å². The maximum Gasteiger partial charge on any atom is 0.130 e. The van der Waals surface area contributed by atoms with Crippen LogP contribution in [0.1, 0.15) is 37.8 Å². The van der Waals surface area contributed by atoms with Crippen molar-refractivity contribution in [2.75, 3.05) is 0 Å². The van der Waals surface area contributed by atoms with Gasteiger partial charge in [-0.3, -0.25) is 0 Å². The molecule has 3 aromatic carbocycles. The van der Waals surface area contributed by atoms with Gasteiger partial charge in [0.25, 0.3) is 0 Å². The van der Waals surface area contributed by atoms with Gasteiger partial charge in [-0.05, 0) is 72.2 Å². The molecule has 0 aliphatic heterocycles. The van der Waals surface area contributed by atoms with Crippen molar-refractivity contribution in [3.63, 3.8) is 0 Å². The van der Waals surface area contributed by atoms with Gasteiger partial charge in [-0.1, -0.05) is 55.8 Å². The van der Waals surface area contributed by atoms with Crippen LogP contribution in [0.15, 0.2) is 72.8 Å². The minimum atomic E-state index is -0.298. The van der Waals surface area contributed by atoms with E-state index < -0.39 is 0 Å². The fourth-order valence-corrected chi connectivity index (χ4v) is 3.34. The van der Waals surface area contributed by atoms with E-state index in [2.05, 4.69) is 32.0 Å². The zero-order valence-corrected chi connectivity index (χ0v) is 16.5. The molecule has 0 aromatic heterocycles. The largest absolute Gasteiger partial charge is 0.457 e. The van der Waals surface area contributed by atoms with Gasteiger partial charge in [0.15, 0.2) is 0 Å². The van der Waals surface area contributed by atoms with Crippen molar-refractivity contribution in [3.05, 3.63) is 94.8 Å². The van der Waals surface area contributed by atoms with Crippen molar-refractivity contribution in [1.29, 1.82) is 0 Å². The topological polar surface area (TPSA) is 9.23 Å². The third kappa shape index (κ3) is 5.58. The summed E-state index contributed by atoms with van der Waals surface area (Å²) >= 11 is 5.99. The van der Waals surface area contributed by atoms with Crippen LogP contribution in [0.3, 0.4) is 0 Å². The summed E-state index contributed by atoms with van der Waals surface area (Å²) in [6, 6.07) is 22.3. The number of rotatable bonds is 7. The second-order valence-electron chi connectivity index (χ2n) is 7.45. The predicted molar refractivity (Wildman–Crippen MR) is 110 cm³/mol. The highest BCUT2D eigenvalue weighted by molar-refractivity contribution is 6.30. The average molecular weight is 383 g/mol. The third-order valence-electron chi connectivity index (χ3n) is 4.82. The molecule has 0 amide bonds. The Hall–Kier alpha value is -2.32. The highest BCUT2D eigenvalue weighted by Crippen LogP contribution is 2.30. The van der Waals surface area contributed by atoms with Gasteiger partial charge in [0.2, 0.25) is 0 Å². The highest BCUT2D eigenvalue weighted by atomic mass is 35.5. The first-order valence-electron chi connectivity index (χ1n) is 9.21. The van der Waals surface area contributed by atoms with E-state index in [4.69, 9.17) is 16.3 Å². The zero-order chi connectivity index (χ0) is 19.3. The van der Waals surface area contributed by atoms with Gasteiger partial charge >= 0.3 is 0 Å². The van der Waals surface area contributed by atoms with E-state index in [-0.39, 0.29) is 11.2 Å². The number of halogens is 2. The van der Waals surface area contributed by atoms with Gasteiger partial charge in [-0.2, -0.15) is 0 Å². The first-order valence-corrected chi connectivity index (χ1v) is 9.59. The Morgan fingerprint density at radius 3 is 2.26 bits per heavy atom. The first-order chi connectivity index (χ1) is 12.9. The van der Waals surface area contributed by atoms with Crippen LogP contribution in [-0.2, 0) is 11.8 Å². The average Bonchev–Trinajstić information content (AvgIpc) is 2.62. The maximum absolute atomic E-state index is 13.3. The van der Waals surface area contributed by atoms with Gasteiger partial charge in [-0.25, -0.2) is 4.39 Å². The van der Waals surface area contributed by atoms with Crippen molar-refractivity contribution < 1.29 is 9.13 Å². The second-order valence-corrected chi connectivity index (χ2v) is 7.89. The molecular weight excluding hydrogens is 359 g/mol. The lowest BCUT2D eigenvalue weighted by Crippen LogP contribution is -2.17. The SMILES string of the molecule is CC(C)(CCCc1cccc(Oc2cccc(F)c2)c1)c1ccc(Cl)cc1. The van der Waals surface area contributed by atoms with Crippen molar-refractivity contribution in [2.24, 2.45) is 0 Å². The van der Waals surface area contributed by atoms with E-state index in [9.17, 15) is 4.39 Å². The summed E-state index contributed by atoms with van der Waals surface area (Å²) in [5, 5.41) is 0.768. The van der Waals surface area contributed by atoms with E-state index >= 15 is 0 Å². The Morgan fingerprint density at radius 1 is 0.889 bits per heavy atom. The number of hydrogen-bond donors (Lipinski definition) is 0. The fourth-order valence-electron chi connectivity index (χ4n) is 3.21. The summed E-state index contributed by atoms with van der Waals surface area (Å²) in [5.74, 6) is 0.944. The molecule has 0 heterocycles. The number of ether oxygens (including phenoxy) is 1. The molecule has 0 unspecified atom stereocenters. The molecular formula is C24H24ClFO. The molecule has 3 heteroatoms. The molecule has 27 heavy (non-hydrogen) atoms. The fraction of sp³-hybridized carbons (Fsp3) is 0.250.